The largest absolute Gasteiger partial charge is 0.493 e. The van der Waals surface area contributed by atoms with Crippen LogP contribution in [-0.2, 0) is 4.79 Å². The molecule has 1 fully saturated rings. The number of hydrogen-bond acceptors (Lipinski definition) is 6. The van der Waals surface area contributed by atoms with Crippen LogP contribution in [0.5, 0.6) is 11.5 Å². The monoisotopic (exact) mass is 370 g/mol. The lowest BCUT2D eigenvalue weighted by molar-refractivity contribution is -0.118. The average molecular weight is 370 g/mol. The van der Waals surface area contributed by atoms with Crippen molar-refractivity contribution in [3.8, 4) is 11.5 Å². The van der Waals surface area contributed by atoms with E-state index in [1.54, 1.807) is 49.6 Å². The Balaban J connectivity index is 1.65. The van der Waals surface area contributed by atoms with Crippen LogP contribution >= 0.6 is 0 Å². The molecule has 0 spiro atoms. The molecule has 1 N–H and O–H groups in total. The number of pyridine rings is 1. The number of hydrogen-bond donors (Lipinski definition) is 1. The minimum absolute atomic E-state index is 0.257. The first-order chi connectivity index (χ1) is 13.1. The summed E-state index contributed by atoms with van der Waals surface area (Å²) in [5.74, 6) is 1.67. The third-order valence-electron chi connectivity index (χ3n) is 4.44. The summed E-state index contributed by atoms with van der Waals surface area (Å²) in [5, 5.41) is 2.82. The first kappa shape index (κ1) is 18.5. The quantitative estimate of drug-likeness (QED) is 0.778. The molecule has 1 aliphatic rings. The fourth-order valence-electron chi connectivity index (χ4n) is 2.88. The zero-order chi connectivity index (χ0) is 19.2. The maximum Gasteiger partial charge on any atom is 0.257 e. The minimum atomic E-state index is -0.257. The zero-order valence-corrected chi connectivity index (χ0v) is 15.3. The third-order valence-corrected chi connectivity index (χ3v) is 4.44. The van der Waals surface area contributed by atoms with Crippen molar-refractivity contribution in [1.82, 2.24) is 9.88 Å². The number of carbonyl (C=O) groups is 2. The van der Waals surface area contributed by atoms with Crippen LogP contribution < -0.4 is 19.7 Å². The predicted octanol–water partition coefficient (Wildman–Crippen LogP) is 1.63. The van der Waals surface area contributed by atoms with Crippen LogP contribution in [-0.4, -0.2) is 62.6 Å². The van der Waals surface area contributed by atoms with E-state index in [1.807, 2.05) is 6.07 Å². The van der Waals surface area contributed by atoms with Gasteiger partial charge in [0, 0.05) is 44.1 Å². The number of anilines is 2. The Labute approximate surface area is 157 Å². The number of benzene rings is 1. The standard InChI is InChI=1S/C19H22N4O4/c1-26-16-5-4-15(11-17(16)27-2)21-19(25)14-3-6-18(20-12-14)23-9-7-22(13-24)8-10-23/h3-6,11-13H,7-10H2,1-2H3,(H,21,25). The summed E-state index contributed by atoms with van der Waals surface area (Å²) in [7, 11) is 3.10. The normalized spacial score (nSPS) is 13.9. The number of nitrogens with zero attached hydrogens (tertiary/aromatic N) is 3. The minimum Gasteiger partial charge on any atom is -0.493 e. The second kappa shape index (κ2) is 8.39. The van der Waals surface area contributed by atoms with Crippen LogP contribution in [0, 0.1) is 0 Å². The molecular weight excluding hydrogens is 348 g/mol. The summed E-state index contributed by atoms with van der Waals surface area (Å²) in [6, 6.07) is 8.73. The Morgan fingerprint density at radius 3 is 2.41 bits per heavy atom. The highest BCUT2D eigenvalue weighted by Gasteiger charge is 2.17. The summed E-state index contributed by atoms with van der Waals surface area (Å²) in [4.78, 5) is 31.5. The van der Waals surface area contributed by atoms with E-state index in [4.69, 9.17) is 9.47 Å². The molecule has 1 aliphatic heterocycles. The van der Waals surface area contributed by atoms with Gasteiger partial charge in [0.25, 0.3) is 5.91 Å². The van der Waals surface area contributed by atoms with E-state index in [-0.39, 0.29) is 5.91 Å². The molecule has 1 aromatic carbocycles. The highest BCUT2D eigenvalue weighted by Crippen LogP contribution is 2.29. The Kier molecular flexibility index (Phi) is 5.75. The zero-order valence-electron chi connectivity index (χ0n) is 15.3. The van der Waals surface area contributed by atoms with Crippen LogP contribution in [0.2, 0.25) is 0 Å². The summed E-state index contributed by atoms with van der Waals surface area (Å²) < 4.78 is 10.4. The molecule has 8 nitrogen and oxygen atoms in total. The van der Waals surface area contributed by atoms with Crippen molar-refractivity contribution in [2.75, 3.05) is 50.6 Å². The molecule has 1 saturated heterocycles. The molecule has 1 aromatic heterocycles. The maximum absolute atomic E-state index is 12.5. The summed E-state index contributed by atoms with van der Waals surface area (Å²) in [6.07, 6.45) is 2.42. The maximum atomic E-state index is 12.5. The topological polar surface area (TPSA) is 84.0 Å². The molecule has 0 saturated carbocycles. The fraction of sp³-hybridized carbons (Fsp3) is 0.316. The number of carbonyl (C=O) groups excluding carboxylic acids is 2. The van der Waals surface area contributed by atoms with Gasteiger partial charge in [-0.2, -0.15) is 0 Å². The third kappa shape index (κ3) is 4.28. The molecule has 3 rings (SSSR count). The molecule has 0 radical (unpaired) electrons. The van der Waals surface area contributed by atoms with E-state index in [9.17, 15) is 9.59 Å². The molecule has 0 bridgehead atoms. The van der Waals surface area contributed by atoms with Crippen molar-refractivity contribution in [3.63, 3.8) is 0 Å². The van der Waals surface area contributed by atoms with Gasteiger partial charge < -0.3 is 24.6 Å². The van der Waals surface area contributed by atoms with Crippen LogP contribution in [0.1, 0.15) is 10.4 Å². The second-order valence-corrected chi connectivity index (χ2v) is 6.06. The SMILES string of the molecule is COc1ccc(NC(=O)c2ccc(N3CCN(C=O)CC3)nc2)cc1OC. The van der Waals surface area contributed by atoms with Crippen LogP contribution in [0.15, 0.2) is 36.5 Å². The van der Waals surface area contributed by atoms with Gasteiger partial charge in [0.05, 0.1) is 19.8 Å². The van der Waals surface area contributed by atoms with Crippen molar-refractivity contribution < 1.29 is 19.1 Å². The number of aromatic nitrogens is 1. The number of piperazine rings is 1. The molecule has 142 valence electrons. The molecule has 0 aliphatic carbocycles. The summed E-state index contributed by atoms with van der Waals surface area (Å²) >= 11 is 0. The van der Waals surface area contributed by atoms with Gasteiger partial charge in [-0.05, 0) is 24.3 Å². The molecular formula is C19H22N4O4. The van der Waals surface area contributed by atoms with Gasteiger partial charge >= 0.3 is 0 Å². The van der Waals surface area contributed by atoms with Crippen molar-refractivity contribution in [3.05, 3.63) is 42.1 Å². The lowest BCUT2D eigenvalue weighted by Crippen LogP contribution is -2.46. The van der Waals surface area contributed by atoms with Gasteiger partial charge in [-0.1, -0.05) is 0 Å². The van der Waals surface area contributed by atoms with Crippen molar-refractivity contribution in [2.45, 2.75) is 0 Å². The Hall–Kier alpha value is -3.29. The van der Waals surface area contributed by atoms with Crippen LogP contribution in [0.25, 0.3) is 0 Å². The Morgan fingerprint density at radius 1 is 1.07 bits per heavy atom. The number of ether oxygens (including phenoxy) is 2. The van der Waals surface area contributed by atoms with Gasteiger partial charge in [0.2, 0.25) is 6.41 Å². The smallest absolute Gasteiger partial charge is 0.257 e. The van der Waals surface area contributed by atoms with E-state index in [1.165, 1.54) is 0 Å². The van der Waals surface area contributed by atoms with E-state index in [0.29, 0.717) is 35.8 Å². The highest BCUT2D eigenvalue weighted by atomic mass is 16.5. The molecule has 27 heavy (non-hydrogen) atoms. The number of nitrogens with one attached hydrogen (secondary N) is 1. The Bertz CT molecular complexity index is 802. The van der Waals surface area contributed by atoms with E-state index >= 15 is 0 Å². The van der Waals surface area contributed by atoms with Gasteiger partial charge in [-0.25, -0.2) is 4.98 Å². The van der Waals surface area contributed by atoms with Crippen molar-refractivity contribution >= 4 is 23.8 Å². The molecule has 2 aromatic rings. The predicted molar refractivity (Wildman–Crippen MR) is 102 cm³/mol. The molecule has 0 unspecified atom stereocenters. The first-order valence-corrected chi connectivity index (χ1v) is 8.58. The van der Waals surface area contributed by atoms with Crippen molar-refractivity contribution in [2.24, 2.45) is 0 Å². The number of methoxy groups -OCH3 is 2. The van der Waals surface area contributed by atoms with E-state index in [2.05, 4.69) is 15.2 Å². The van der Waals surface area contributed by atoms with Gasteiger partial charge in [-0.3, -0.25) is 9.59 Å². The Morgan fingerprint density at radius 2 is 1.81 bits per heavy atom. The highest BCUT2D eigenvalue weighted by molar-refractivity contribution is 6.04. The summed E-state index contributed by atoms with van der Waals surface area (Å²) in [6.45, 7) is 2.80. The number of rotatable bonds is 6. The number of amides is 2. The van der Waals surface area contributed by atoms with Crippen molar-refractivity contribution in [1.29, 1.82) is 0 Å². The first-order valence-electron chi connectivity index (χ1n) is 8.58. The molecule has 2 amide bonds. The lowest BCUT2D eigenvalue weighted by Gasteiger charge is -2.33. The van der Waals surface area contributed by atoms with Crippen LogP contribution in [0.4, 0.5) is 11.5 Å². The summed E-state index contributed by atoms with van der Waals surface area (Å²) in [5.41, 5.74) is 1.06. The van der Waals surface area contributed by atoms with E-state index < -0.39 is 0 Å². The lowest BCUT2D eigenvalue weighted by atomic mass is 10.2. The van der Waals surface area contributed by atoms with Gasteiger partial charge in [-0.15, -0.1) is 0 Å². The second-order valence-electron chi connectivity index (χ2n) is 6.06. The molecule has 2 heterocycles. The fourth-order valence-corrected chi connectivity index (χ4v) is 2.88. The van der Waals surface area contributed by atoms with Gasteiger partial charge in [0.1, 0.15) is 5.82 Å². The average Bonchev–Trinajstić information content (AvgIpc) is 2.73. The molecule has 8 heteroatoms. The molecule has 0 atom stereocenters. The van der Waals surface area contributed by atoms with Gasteiger partial charge in [0.15, 0.2) is 11.5 Å². The van der Waals surface area contributed by atoms with E-state index in [0.717, 1.165) is 25.3 Å². The van der Waals surface area contributed by atoms with Crippen LogP contribution in [0.3, 0.4) is 0 Å².